The highest BCUT2D eigenvalue weighted by molar-refractivity contribution is 7.23. The largest absolute Gasteiger partial charge is 0.313 e. The molecule has 1 N–H and O–H groups in total. The number of carbonyl (C=O) groups is 1. The zero-order valence-corrected chi connectivity index (χ0v) is 18.3. The molecule has 9 heteroatoms. The number of benzene rings is 2. The quantitative estimate of drug-likeness (QED) is 0.342. The molecule has 4 aromatic rings. The van der Waals surface area contributed by atoms with Crippen LogP contribution in [0.1, 0.15) is 20.8 Å². The van der Waals surface area contributed by atoms with Crippen molar-refractivity contribution in [2.24, 2.45) is 0 Å². The summed E-state index contributed by atoms with van der Waals surface area (Å²) >= 11 is 3.21. The second-order valence-corrected chi connectivity index (χ2v) is 9.58. The molecular weight excluding hydrogens is 432 g/mol. The van der Waals surface area contributed by atoms with Gasteiger partial charge in [-0.3, -0.25) is 14.9 Å². The molecule has 0 saturated heterocycles. The van der Waals surface area contributed by atoms with Gasteiger partial charge in [-0.05, 0) is 43.3 Å². The number of hydrogen-bond donors (Lipinski definition) is 1. The number of nitro benzene ring substituents is 1. The van der Waals surface area contributed by atoms with Gasteiger partial charge in [0.1, 0.15) is 10.0 Å². The molecule has 156 valence electrons. The van der Waals surface area contributed by atoms with E-state index in [-0.39, 0.29) is 11.6 Å². The number of hydrogen-bond acceptors (Lipinski definition) is 7. The number of thiazole rings is 1. The fourth-order valence-corrected chi connectivity index (χ4v) is 6.17. The van der Waals surface area contributed by atoms with Gasteiger partial charge in [0.25, 0.3) is 11.6 Å². The number of amides is 1. The predicted octanol–water partition coefficient (Wildman–Crippen LogP) is 5.17. The van der Waals surface area contributed by atoms with E-state index >= 15 is 0 Å². The van der Waals surface area contributed by atoms with E-state index in [1.54, 1.807) is 22.7 Å². The Morgan fingerprint density at radius 2 is 1.94 bits per heavy atom. The number of carbonyl (C=O) groups excluding carboxylic acids is 1. The van der Waals surface area contributed by atoms with Crippen LogP contribution in [0.4, 0.5) is 10.7 Å². The molecule has 0 unspecified atom stereocenters. The van der Waals surface area contributed by atoms with E-state index in [1.807, 2.05) is 18.2 Å². The average Bonchev–Trinajstić information content (AvgIpc) is 3.33. The molecule has 2 aromatic heterocycles. The molecule has 7 nitrogen and oxygen atoms in total. The highest BCUT2D eigenvalue weighted by Crippen LogP contribution is 2.45. The van der Waals surface area contributed by atoms with Crippen molar-refractivity contribution in [3.63, 3.8) is 0 Å². The Bertz CT molecular complexity index is 1280. The van der Waals surface area contributed by atoms with Crippen LogP contribution in [0.3, 0.4) is 0 Å². The number of non-ortho nitro benzene ring substituents is 1. The zero-order valence-electron chi connectivity index (χ0n) is 16.6. The number of para-hydroxylation sites is 1. The summed E-state index contributed by atoms with van der Waals surface area (Å²) in [5, 5.41) is 15.6. The summed E-state index contributed by atoms with van der Waals surface area (Å²) in [4.78, 5) is 31.7. The summed E-state index contributed by atoms with van der Waals surface area (Å²) in [6.45, 7) is 1.79. The van der Waals surface area contributed by atoms with E-state index in [4.69, 9.17) is 4.98 Å². The summed E-state index contributed by atoms with van der Waals surface area (Å²) in [5.74, 6) is -0.288. The predicted molar refractivity (Wildman–Crippen MR) is 124 cm³/mol. The van der Waals surface area contributed by atoms with Crippen molar-refractivity contribution in [1.29, 1.82) is 0 Å². The first kappa shape index (κ1) is 19.8. The van der Waals surface area contributed by atoms with Crippen LogP contribution in [0.25, 0.3) is 20.8 Å². The van der Waals surface area contributed by atoms with Gasteiger partial charge in [-0.25, -0.2) is 4.98 Å². The molecule has 1 aliphatic rings. The van der Waals surface area contributed by atoms with E-state index in [1.165, 1.54) is 34.7 Å². The molecule has 0 atom stereocenters. The lowest BCUT2D eigenvalue weighted by Gasteiger charge is -2.22. The third kappa shape index (κ3) is 3.71. The topological polar surface area (TPSA) is 88.4 Å². The molecule has 0 radical (unpaired) electrons. The molecule has 0 fully saturated rings. The monoisotopic (exact) mass is 450 g/mol. The van der Waals surface area contributed by atoms with Gasteiger partial charge in [-0.15, -0.1) is 22.7 Å². The van der Waals surface area contributed by atoms with Crippen molar-refractivity contribution >= 4 is 49.5 Å². The first-order valence-corrected chi connectivity index (χ1v) is 11.4. The second kappa shape index (κ2) is 7.84. The minimum absolute atomic E-state index is 0.0404. The van der Waals surface area contributed by atoms with Crippen molar-refractivity contribution in [2.75, 3.05) is 18.9 Å². The minimum Gasteiger partial charge on any atom is -0.313 e. The highest BCUT2D eigenvalue weighted by Gasteiger charge is 2.27. The van der Waals surface area contributed by atoms with E-state index in [9.17, 15) is 14.9 Å². The lowest BCUT2D eigenvalue weighted by Crippen LogP contribution is -2.25. The molecule has 31 heavy (non-hydrogen) atoms. The van der Waals surface area contributed by atoms with E-state index in [0.717, 1.165) is 45.3 Å². The van der Waals surface area contributed by atoms with Crippen molar-refractivity contribution < 1.29 is 9.72 Å². The molecule has 2 aromatic carbocycles. The Hall–Kier alpha value is -3.14. The van der Waals surface area contributed by atoms with Crippen LogP contribution in [0.5, 0.6) is 0 Å². The van der Waals surface area contributed by atoms with Crippen LogP contribution in [0, 0.1) is 10.1 Å². The third-order valence-electron chi connectivity index (χ3n) is 5.32. The number of nitrogens with zero attached hydrogens (tertiary/aromatic N) is 3. The number of nitro groups is 1. The van der Waals surface area contributed by atoms with Crippen molar-refractivity contribution in [3.05, 3.63) is 74.6 Å². The number of aromatic nitrogens is 1. The fraction of sp³-hybridized carbons (Fsp3) is 0.182. The molecule has 1 aliphatic heterocycles. The number of anilines is 1. The smallest absolute Gasteiger partial charge is 0.269 e. The summed E-state index contributed by atoms with van der Waals surface area (Å²) in [6, 6.07) is 13.7. The Morgan fingerprint density at radius 3 is 2.68 bits per heavy atom. The molecule has 0 bridgehead atoms. The number of nitrogens with one attached hydrogen (secondary N) is 1. The molecule has 1 amide bonds. The van der Waals surface area contributed by atoms with Gasteiger partial charge in [-0.2, -0.15) is 0 Å². The van der Waals surface area contributed by atoms with Crippen LogP contribution in [-0.4, -0.2) is 34.3 Å². The van der Waals surface area contributed by atoms with Gasteiger partial charge in [0.15, 0.2) is 0 Å². The van der Waals surface area contributed by atoms with Crippen LogP contribution < -0.4 is 5.32 Å². The first-order valence-electron chi connectivity index (χ1n) is 9.74. The van der Waals surface area contributed by atoms with E-state index in [2.05, 4.69) is 23.3 Å². The molecule has 3 heterocycles. The molecule has 0 aliphatic carbocycles. The molecule has 0 spiro atoms. The molecular formula is C22H18N4O3S2. The Kier molecular flexibility index (Phi) is 5.01. The number of fused-ring (bicyclic) bond motifs is 2. The maximum Gasteiger partial charge on any atom is 0.269 e. The summed E-state index contributed by atoms with van der Waals surface area (Å²) in [7, 11) is 2.09. The Balaban J connectivity index is 1.54. The zero-order chi connectivity index (χ0) is 21.5. The highest BCUT2D eigenvalue weighted by atomic mass is 32.1. The summed E-state index contributed by atoms with van der Waals surface area (Å²) in [5.41, 5.74) is 3.54. The normalized spacial score (nSPS) is 13.8. The van der Waals surface area contributed by atoms with Crippen molar-refractivity contribution in [2.45, 2.75) is 13.0 Å². The molecule has 5 rings (SSSR count). The van der Waals surface area contributed by atoms with E-state index in [0.29, 0.717) is 5.56 Å². The second-order valence-electron chi connectivity index (χ2n) is 7.44. The van der Waals surface area contributed by atoms with Gasteiger partial charge >= 0.3 is 0 Å². The SMILES string of the molecule is CN1CCc2c(sc(NC(=O)c3ccc([N+](=O)[O-])cc3)c2-c2nc3ccccc3s2)C1. The van der Waals surface area contributed by atoms with Gasteiger partial charge < -0.3 is 10.2 Å². The van der Waals surface area contributed by atoms with Gasteiger partial charge in [0.05, 0.1) is 15.1 Å². The van der Waals surface area contributed by atoms with Gasteiger partial charge in [-0.1, -0.05) is 12.1 Å². The Labute approximate surface area is 186 Å². The third-order valence-corrected chi connectivity index (χ3v) is 7.51. The van der Waals surface area contributed by atoms with E-state index < -0.39 is 4.92 Å². The lowest BCUT2D eigenvalue weighted by molar-refractivity contribution is -0.384. The number of thiophene rings is 1. The van der Waals surface area contributed by atoms with Gasteiger partial charge in [0.2, 0.25) is 0 Å². The summed E-state index contributed by atoms with van der Waals surface area (Å²) in [6.07, 6.45) is 0.904. The first-order chi connectivity index (χ1) is 15.0. The van der Waals surface area contributed by atoms with Crippen LogP contribution in [0.2, 0.25) is 0 Å². The van der Waals surface area contributed by atoms with Crippen LogP contribution in [0.15, 0.2) is 48.5 Å². The van der Waals surface area contributed by atoms with Crippen molar-refractivity contribution in [1.82, 2.24) is 9.88 Å². The standard InChI is InChI=1S/C22H18N4O3S2/c1-25-11-10-15-18(12-25)31-22(19(15)21-23-16-4-2-3-5-17(16)30-21)24-20(27)13-6-8-14(9-7-13)26(28)29/h2-9H,10-12H2,1H3,(H,24,27). The maximum atomic E-state index is 12.9. The number of likely N-dealkylation sites (N-methyl/N-ethyl adjacent to an activating group) is 1. The lowest BCUT2D eigenvalue weighted by atomic mass is 10.0. The fourth-order valence-electron chi connectivity index (χ4n) is 3.73. The Morgan fingerprint density at radius 1 is 1.16 bits per heavy atom. The van der Waals surface area contributed by atoms with Crippen LogP contribution >= 0.6 is 22.7 Å². The van der Waals surface area contributed by atoms with Crippen LogP contribution in [-0.2, 0) is 13.0 Å². The van der Waals surface area contributed by atoms with Gasteiger partial charge in [0, 0.05) is 41.2 Å². The molecule has 0 saturated carbocycles. The summed E-state index contributed by atoms with van der Waals surface area (Å²) < 4.78 is 1.11. The van der Waals surface area contributed by atoms with Crippen molar-refractivity contribution in [3.8, 4) is 10.6 Å². The maximum absolute atomic E-state index is 12.9. The minimum atomic E-state index is -0.475. The number of rotatable bonds is 4. The average molecular weight is 451 g/mol.